The minimum atomic E-state index is -0.684. The summed E-state index contributed by atoms with van der Waals surface area (Å²) in [7, 11) is 0. The minimum absolute atomic E-state index is 0.0430. The third-order valence-electron chi connectivity index (χ3n) is 5.05. The Kier molecular flexibility index (Phi) is 4.88. The molecule has 0 radical (unpaired) electrons. The molecular weight excluding hydrogens is 412 g/mol. The summed E-state index contributed by atoms with van der Waals surface area (Å²) in [5, 5.41) is 5.17. The van der Waals surface area contributed by atoms with Crippen molar-refractivity contribution >= 4 is 56.0 Å². The van der Waals surface area contributed by atoms with Gasteiger partial charge in [0.25, 0.3) is 5.91 Å². The summed E-state index contributed by atoms with van der Waals surface area (Å²) in [6.07, 6.45) is -0.0430. The van der Waals surface area contributed by atoms with Crippen LogP contribution in [0.3, 0.4) is 0 Å². The van der Waals surface area contributed by atoms with Crippen molar-refractivity contribution in [3.05, 3.63) is 88.8 Å². The van der Waals surface area contributed by atoms with Crippen LogP contribution in [0.4, 0.5) is 5.69 Å². The van der Waals surface area contributed by atoms with Gasteiger partial charge in [-0.15, -0.1) is 0 Å². The van der Waals surface area contributed by atoms with Crippen molar-refractivity contribution < 1.29 is 14.0 Å². The summed E-state index contributed by atoms with van der Waals surface area (Å²) >= 11 is 1.12. The molecule has 0 unspecified atom stereocenters. The van der Waals surface area contributed by atoms with Crippen molar-refractivity contribution in [2.75, 3.05) is 5.32 Å². The van der Waals surface area contributed by atoms with Crippen LogP contribution in [0, 0.1) is 0 Å². The van der Waals surface area contributed by atoms with Crippen molar-refractivity contribution in [2.24, 2.45) is 4.99 Å². The first-order valence-corrected chi connectivity index (χ1v) is 10.6. The molecule has 0 saturated carbocycles. The van der Waals surface area contributed by atoms with E-state index in [1.807, 2.05) is 54.6 Å². The van der Waals surface area contributed by atoms with Crippen LogP contribution >= 0.6 is 11.8 Å². The average Bonchev–Trinajstić information content (AvgIpc) is 3.13. The normalized spacial score (nSPS) is 15.9. The van der Waals surface area contributed by atoms with Gasteiger partial charge < -0.3 is 9.73 Å². The lowest BCUT2D eigenvalue weighted by Crippen LogP contribution is -2.21. The van der Waals surface area contributed by atoms with Gasteiger partial charge in [0.2, 0.25) is 5.91 Å². The summed E-state index contributed by atoms with van der Waals surface area (Å²) in [5.74, 6) is -0.718. The Labute approximate surface area is 181 Å². The molecule has 1 N–H and O–H groups in total. The van der Waals surface area contributed by atoms with E-state index < -0.39 is 16.8 Å². The zero-order valence-electron chi connectivity index (χ0n) is 16.2. The van der Waals surface area contributed by atoms with Gasteiger partial charge in [0.05, 0.1) is 5.56 Å². The lowest BCUT2D eigenvalue weighted by molar-refractivity contribution is -0.121. The van der Waals surface area contributed by atoms with Crippen molar-refractivity contribution in [3.8, 4) is 0 Å². The largest absolute Gasteiger partial charge is 0.422 e. The number of hydrogen-bond acceptors (Lipinski definition) is 5. The lowest BCUT2D eigenvalue weighted by Gasteiger charge is -2.10. The second-order valence-electron chi connectivity index (χ2n) is 7.13. The summed E-state index contributed by atoms with van der Waals surface area (Å²) in [5.41, 5.74) is 0.833. The van der Waals surface area contributed by atoms with E-state index in [2.05, 4.69) is 10.3 Å². The molecule has 2 heterocycles. The van der Waals surface area contributed by atoms with E-state index in [0.717, 1.165) is 27.9 Å². The minimum Gasteiger partial charge on any atom is -0.422 e. The highest BCUT2D eigenvalue weighted by molar-refractivity contribution is 8.16. The van der Waals surface area contributed by atoms with Crippen molar-refractivity contribution in [1.29, 1.82) is 0 Å². The van der Waals surface area contributed by atoms with Crippen LogP contribution in [0.5, 0.6) is 0 Å². The number of carbonyl (C=O) groups excluding carboxylic acids is 2. The van der Waals surface area contributed by atoms with Gasteiger partial charge in [-0.3, -0.25) is 9.59 Å². The fourth-order valence-electron chi connectivity index (χ4n) is 3.55. The first-order valence-electron chi connectivity index (χ1n) is 9.68. The summed E-state index contributed by atoms with van der Waals surface area (Å²) in [6, 6.07) is 22.2. The monoisotopic (exact) mass is 428 g/mol. The first kappa shape index (κ1) is 19.3. The number of aliphatic imine (C=N–C) groups is 1. The molecule has 152 valence electrons. The number of carbonyl (C=O) groups is 2. The molecule has 2 amide bonds. The van der Waals surface area contributed by atoms with E-state index >= 15 is 0 Å². The zero-order valence-corrected chi connectivity index (χ0v) is 17.0. The second-order valence-corrected chi connectivity index (χ2v) is 8.32. The molecule has 4 aromatic rings. The molecule has 5 rings (SSSR count). The van der Waals surface area contributed by atoms with Gasteiger partial charge >= 0.3 is 5.63 Å². The molecule has 0 spiro atoms. The van der Waals surface area contributed by atoms with E-state index in [1.54, 1.807) is 18.2 Å². The number of anilines is 1. The molecule has 31 heavy (non-hydrogen) atoms. The van der Waals surface area contributed by atoms with Crippen LogP contribution in [0.2, 0.25) is 0 Å². The number of benzene rings is 3. The topological polar surface area (TPSA) is 88.7 Å². The molecule has 0 fully saturated rings. The number of thioether (sulfide) groups is 1. The third kappa shape index (κ3) is 3.75. The van der Waals surface area contributed by atoms with E-state index in [-0.39, 0.29) is 22.9 Å². The quantitative estimate of drug-likeness (QED) is 0.488. The van der Waals surface area contributed by atoms with Gasteiger partial charge in [-0.2, -0.15) is 0 Å². The SMILES string of the molecule is O=C(C[C@@H]1SC(c2cc3ccccc3oc2=O)=NC1=O)Nc1cccc2ccccc12. The molecule has 0 bridgehead atoms. The smallest absolute Gasteiger partial charge is 0.346 e. The summed E-state index contributed by atoms with van der Waals surface area (Å²) in [6.45, 7) is 0. The molecule has 1 aliphatic rings. The fraction of sp³-hybridized carbons (Fsp3) is 0.0833. The van der Waals surface area contributed by atoms with Gasteiger partial charge in [0.15, 0.2) is 0 Å². The van der Waals surface area contributed by atoms with Crippen LogP contribution in [0.1, 0.15) is 12.0 Å². The third-order valence-corrected chi connectivity index (χ3v) is 6.23. The number of nitrogens with zero attached hydrogens (tertiary/aromatic N) is 1. The average molecular weight is 428 g/mol. The van der Waals surface area contributed by atoms with Crippen LogP contribution in [-0.2, 0) is 9.59 Å². The van der Waals surface area contributed by atoms with Crippen molar-refractivity contribution in [1.82, 2.24) is 0 Å². The van der Waals surface area contributed by atoms with Crippen LogP contribution in [-0.4, -0.2) is 22.1 Å². The maximum absolute atomic E-state index is 12.6. The van der Waals surface area contributed by atoms with Gasteiger partial charge in [-0.1, -0.05) is 66.4 Å². The van der Waals surface area contributed by atoms with E-state index in [1.165, 1.54) is 0 Å². The molecule has 1 aliphatic heterocycles. The highest BCUT2D eigenvalue weighted by Crippen LogP contribution is 2.30. The van der Waals surface area contributed by atoms with Crippen molar-refractivity contribution in [2.45, 2.75) is 11.7 Å². The molecule has 6 nitrogen and oxygen atoms in total. The van der Waals surface area contributed by atoms with Gasteiger partial charge in [-0.25, -0.2) is 9.79 Å². The van der Waals surface area contributed by atoms with Gasteiger partial charge in [0.1, 0.15) is 15.9 Å². The lowest BCUT2D eigenvalue weighted by atomic mass is 10.1. The van der Waals surface area contributed by atoms with Crippen LogP contribution in [0.25, 0.3) is 21.7 Å². The molecule has 7 heteroatoms. The Morgan fingerprint density at radius 1 is 0.968 bits per heavy atom. The Bertz CT molecular complexity index is 1440. The number of nitrogens with one attached hydrogen (secondary N) is 1. The highest BCUT2D eigenvalue weighted by Gasteiger charge is 2.32. The number of hydrogen-bond donors (Lipinski definition) is 1. The number of fused-ring (bicyclic) bond motifs is 2. The van der Waals surface area contributed by atoms with Crippen LogP contribution < -0.4 is 10.9 Å². The van der Waals surface area contributed by atoms with Crippen LogP contribution in [0.15, 0.2) is 87.0 Å². The molecule has 0 aliphatic carbocycles. The maximum atomic E-state index is 12.6. The number of amides is 2. The number of rotatable bonds is 4. The van der Waals surface area contributed by atoms with E-state index in [9.17, 15) is 14.4 Å². The predicted molar refractivity (Wildman–Crippen MR) is 123 cm³/mol. The first-order chi connectivity index (χ1) is 15.1. The summed E-state index contributed by atoms with van der Waals surface area (Å²) in [4.78, 5) is 41.4. The molecule has 1 aromatic heterocycles. The Morgan fingerprint density at radius 3 is 2.58 bits per heavy atom. The Hall–Kier alpha value is -3.71. The Balaban J connectivity index is 1.33. The molecule has 0 saturated heterocycles. The van der Waals surface area contributed by atoms with Gasteiger partial charge in [-0.05, 0) is 23.6 Å². The van der Waals surface area contributed by atoms with Gasteiger partial charge in [0, 0.05) is 22.9 Å². The Morgan fingerprint density at radius 2 is 1.71 bits per heavy atom. The predicted octanol–water partition coefficient (Wildman–Crippen LogP) is 4.36. The van der Waals surface area contributed by atoms with E-state index in [4.69, 9.17) is 4.42 Å². The van der Waals surface area contributed by atoms with E-state index in [0.29, 0.717) is 11.3 Å². The standard InChI is InChI=1S/C24H16N2O4S/c27-21(25-18-10-5-8-14-6-1-3-9-16(14)18)13-20-22(28)26-23(31-20)17-12-15-7-2-4-11-19(15)30-24(17)29/h1-12,20H,13H2,(H,25,27)/t20-/m0/s1. The maximum Gasteiger partial charge on any atom is 0.346 e. The molecular formula is C24H16N2O4S. The molecule has 1 atom stereocenters. The van der Waals surface area contributed by atoms with Crippen molar-refractivity contribution in [3.63, 3.8) is 0 Å². The fourth-order valence-corrected chi connectivity index (χ4v) is 4.62. The highest BCUT2D eigenvalue weighted by atomic mass is 32.2. The molecule has 3 aromatic carbocycles. The zero-order chi connectivity index (χ0) is 21.4. The number of para-hydroxylation sites is 1. The second kappa shape index (κ2) is 7.85. The summed E-state index contributed by atoms with van der Waals surface area (Å²) < 4.78 is 5.34.